The molecule has 0 aromatic rings. The van der Waals surface area contributed by atoms with Gasteiger partial charge in [-0.3, -0.25) is 4.79 Å². The van der Waals surface area contributed by atoms with Crippen LogP contribution in [-0.2, 0) is 9.59 Å². The molecule has 82 valence electrons. The number of carbonyl (C=O) groups is 2. The fourth-order valence-corrected chi connectivity index (χ4v) is 1.06. The van der Waals surface area contributed by atoms with Crippen LogP contribution in [0.4, 0.5) is 0 Å². The van der Waals surface area contributed by atoms with Crippen LogP contribution in [0.25, 0.3) is 0 Å². The average molecular weight is 202 g/mol. The quantitative estimate of drug-likeness (QED) is 0.563. The molecule has 0 aliphatic heterocycles. The van der Waals surface area contributed by atoms with Crippen molar-refractivity contribution >= 4 is 11.9 Å². The Labute approximate surface area is 83.7 Å². The van der Waals surface area contributed by atoms with Crippen molar-refractivity contribution in [2.75, 3.05) is 6.54 Å². The van der Waals surface area contributed by atoms with Crippen molar-refractivity contribution in [3.63, 3.8) is 0 Å². The number of nitrogens with two attached hydrogens (primary N) is 1. The molecule has 0 aliphatic carbocycles. The summed E-state index contributed by atoms with van der Waals surface area (Å²) in [6.07, 6.45) is 0.875. The molecule has 2 atom stereocenters. The lowest BCUT2D eigenvalue weighted by Gasteiger charge is -2.19. The number of rotatable bonds is 6. The number of carbonyl (C=O) groups excluding carboxylic acids is 1. The molecule has 0 radical (unpaired) electrons. The summed E-state index contributed by atoms with van der Waals surface area (Å²) in [5, 5.41) is 11.3. The molecule has 0 saturated carbocycles. The van der Waals surface area contributed by atoms with Crippen LogP contribution in [0, 0.1) is 5.92 Å². The predicted molar refractivity (Wildman–Crippen MR) is 52.7 cm³/mol. The Balaban J connectivity index is 4.23. The molecule has 4 N–H and O–H groups in total. The van der Waals surface area contributed by atoms with Gasteiger partial charge in [0.15, 0.2) is 0 Å². The molecule has 0 bridgehead atoms. The molecule has 5 nitrogen and oxygen atoms in total. The normalized spacial score (nSPS) is 14.5. The van der Waals surface area contributed by atoms with Crippen molar-refractivity contribution in [2.45, 2.75) is 32.7 Å². The van der Waals surface area contributed by atoms with Gasteiger partial charge in [-0.05, 0) is 5.92 Å². The molecule has 0 fully saturated rings. The first-order chi connectivity index (χ1) is 6.52. The molecule has 5 heteroatoms. The summed E-state index contributed by atoms with van der Waals surface area (Å²) in [7, 11) is 0. The topological polar surface area (TPSA) is 92.4 Å². The Morgan fingerprint density at radius 2 is 2.07 bits per heavy atom. The lowest BCUT2D eigenvalue weighted by Crippen LogP contribution is -2.45. The molecule has 0 unspecified atom stereocenters. The summed E-state index contributed by atoms with van der Waals surface area (Å²) in [5.74, 6) is -1.38. The van der Waals surface area contributed by atoms with Gasteiger partial charge in [-0.2, -0.15) is 0 Å². The zero-order valence-electron chi connectivity index (χ0n) is 8.62. The van der Waals surface area contributed by atoms with Gasteiger partial charge in [-0.1, -0.05) is 20.3 Å². The van der Waals surface area contributed by atoms with Gasteiger partial charge in [0.2, 0.25) is 5.91 Å². The van der Waals surface area contributed by atoms with Gasteiger partial charge in [0.1, 0.15) is 6.04 Å². The van der Waals surface area contributed by atoms with Crippen molar-refractivity contribution in [2.24, 2.45) is 11.7 Å². The first-order valence-electron chi connectivity index (χ1n) is 4.75. The van der Waals surface area contributed by atoms with Gasteiger partial charge < -0.3 is 16.2 Å². The third kappa shape index (κ3) is 4.23. The van der Waals surface area contributed by atoms with E-state index in [1.54, 1.807) is 6.92 Å². The van der Waals surface area contributed by atoms with E-state index in [2.05, 4.69) is 5.32 Å². The molecule has 0 spiro atoms. The lowest BCUT2D eigenvalue weighted by atomic mass is 9.99. The van der Waals surface area contributed by atoms with Crippen molar-refractivity contribution in [3.05, 3.63) is 0 Å². The third-order valence-corrected chi connectivity index (χ3v) is 2.17. The van der Waals surface area contributed by atoms with Gasteiger partial charge in [-0.25, -0.2) is 4.79 Å². The molecule has 0 rings (SSSR count). The van der Waals surface area contributed by atoms with Crippen molar-refractivity contribution < 1.29 is 14.7 Å². The molecular weight excluding hydrogens is 184 g/mol. The minimum atomic E-state index is -0.996. The number of nitrogens with one attached hydrogen (secondary N) is 1. The van der Waals surface area contributed by atoms with Crippen LogP contribution in [0.15, 0.2) is 0 Å². The first kappa shape index (κ1) is 12.9. The van der Waals surface area contributed by atoms with E-state index in [0.29, 0.717) is 6.42 Å². The van der Waals surface area contributed by atoms with Crippen molar-refractivity contribution in [1.29, 1.82) is 0 Å². The Kier molecular flexibility index (Phi) is 5.87. The smallest absolute Gasteiger partial charge is 0.326 e. The maximum atomic E-state index is 11.1. The number of hydrogen-bond acceptors (Lipinski definition) is 3. The van der Waals surface area contributed by atoms with Gasteiger partial charge in [-0.15, -0.1) is 0 Å². The second-order valence-electron chi connectivity index (χ2n) is 3.31. The Bertz CT molecular complexity index is 206. The van der Waals surface area contributed by atoms with Crippen LogP contribution >= 0.6 is 0 Å². The SMILES string of the molecule is CC[C@@H](C)[C@@H](NC(=O)CCN)C(=O)O. The molecule has 14 heavy (non-hydrogen) atoms. The highest BCUT2D eigenvalue weighted by atomic mass is 16.4. The van der Waals surface area contributed by atoms with Crippen molar-refractivity contribution in [3.8, 4) is 0 Å². The maximum Gasteiger partial charge on any atom is 0.326 e. The monoisotopic (exact) mass is 202 g/mol. The summed E-state index contributed by atoms with van der Waals surface area (Å²) in [6, 6.07) is -0.806. The Hall–Kier alpha value is -1.10. The second-order valence-corrected chi connectivity index (χ2v) is 3.31. The third-order valence-electron chi connectivity index (χ3n) is 2.17. The van der Waals surface area contributed by atoms with Gasteiger partial charge in [0, 0.05) is 13.0 Å². The largest absolute Gasteiger partial charge is 0.480 e. The Morgan fingerprint density at radius 1 is 1.50 bits per heavy atom. The van der Waals surface area contributed by atoms with Gasteiger partial charge in [0.05, 0.1) is 0 Å². The zero-order valence-corrected chi connectivity index (χ0v) is 8.62. The summed E-state index contributed by atoms with van der Waals surface area (Å²) in [5.41, 5.74) is 5.18. The van der Waals surface area contributed by atoms with Gasteiger partial charge in [0.25, 0.3) is 0 Å². The Morgan fingerprint density at radius 3 is 2.43 bits per heavy atom. The molecule has 0 saturated heterocycles. The van der Waals surface area contributed by atoms with E-state index in [1.807, 2.05) is 6.92 Å². The van der Waals surface area contributed by atoms with Crippen LogP contribution in [0.2, 0.25) is 0 Å². The second kappa shape index (κ2) is 6.37. The number of amides is 1. The zero-order chi connectivity index (χ0) is 11.1. The van der Waals surface area contributed by atoms with Crippen LogP contribution in [0.3, 0.4) is 0 Å². The first-order valence-corrected chi connectivity index (χ1v) is 4.75. The molecule has 0 aromatic carbocycles. The van der Waals surface area contributed by atoms with Gasteiger partial charge >= 0.3 is 5.97 Å². The number of hydrogen-bond donors (Lipinski definition) is 3. The lowest BCUT2D eigenvalue weighted by molar-refractivity contribution is -0.143. The maximum absolute atomic E-state index is 11.1. The van der Waals surface area contributed by atoms with E-state index in [9.17, 15) is 9.59 Å². The standard InChI is InChI=1S/C9H18N2O3/c1-3-6(2)8(9(13)14)11-7(12)4-5-10/h6,8H,3-5,10H2,1-2H3,(H,11,12)(H,13,14)/t6-,8-/m1/s1. The highest BCUT2D eigenvalue weighted by Gasteiger charge is 2.24. The van der Waals surface area contributed by atoms with E-state index in [4.69, 9.17) is 10.8 Å². The van der Waals surface area contributed by atoms with Crippen LogP contribution < -0.4 is 11.1 Å². The highest BCUT2D eigenvalue weighted by molar-refractivity contribution is 5.83. The molecule has 0 aromatic heterocycles. The molecule has 0 heterocycles. The summed E-state index contributed by atoms with van der Waals surface area (Å²) in [6.45, 7) is 3.91. The minimum absolute atomic E-state index is 0.0748. The summed E-state index contributed by atoms with van der Waals surface area (Å²) < 4.78 is 0. The molecule has 0 aliphatic rings. The van der Waals surface area contributed by atoms with E-state index in [-0.39, 0.29) is 24.8 Å². The van der Waals surface area contributed by atoms with Crippen LogP contribution in [0.1, 0.15) is 26.7 Å². The molecule has 1 amide bonds. The number of carboxylic acids is 1. The summed E-state index contributed by atoms with van der Waals surface area (Å²) >= 11 is 0. The minimum Gasteiger partial charge on any atom is -0.480 e. The number of aliphatic carboxylic acids is 1. The number of carboxylic acid groups (broad SMARTS) is 1. The summed E-state index contributed by atoms with van der Waals surface area (Å²) in [4.78, 5) is 21.9. The fraction of sp³-hybridized carbons (Fsp3) is 0.778. The average Bonchev–Trinajstić information content (AvgIpc) is 2.13. The van der Waals surface area contributed by atoms with E-state index in [1.165, 1.54) is 0 Å². The predicted octanol–water partition coefficient (Wildman–Crippen LogP) is -0.0493. The highest BCUT2D eigenvalue weighted by Crippen LogP contribution is 2.07. The van der Waals surface area contributed by atoms with Crippen LogP contribution in [0.5, 0.6) is 0 Å². The fourth-order valence-electron chi connectivity index (χ4n) is 1.06. The van der Waals surface area contributed by atoms with E-state index < -0.39 is 12.0 Å². The van der Waals surface area contributed by atoms with E-state index >= 15 is 0 Å². The van der Waals surface area contributed by atoms with E-state index in [0.717, 1.165) is 0 Å². The van der Waals surface area contributed by atoms with Crippen molar-refractivity contribution in [1.82, 2.24) is 5.32 Å². The van der Waals surface area contributed by atoms with Crippen LogP contribution in [-0.4, -0.2) is 29.6 Å². The molecular formula is C9H18N2O3.